The van der Waals surface area contributed by atoms with Crippen molar-refractivity contribution in [2.75, 3.05) is 6.61 Å². The zero-order valence-electron chi connectivity index (χ0n) is 12.4. The van der Waals surface area contributed by atoms with Gasteiger partial charge in [0.15, 0.2) is 0 Å². The van der Waals surface area contributed by atoms with Crippen LogP contribution in [0.1, 0.15) is 49.7 Å². The van der Waals surface area contributed by atoms with Gasteiger partial charge in [-0.15, -0.1) is 0 Å². The summed E-state index contributed by atoms with van der Waals surface area (Å²) in [6.07, 6.45) is 7.70. The molecule has 0 amide bonds. The van der Waals surface area contributed by atoms with E-state index < -0.39 is 0 Å². The van der Waals surface area contributed by atoms with Crippen LogP contribution >= 0.6 is 0 Å². The van der Waals surface area contributed by atoms with Gasteiger partial charge in [-0.25, -0.2) is 0 Å². The maximum absolute atomic E-state index is 6.29. The molecule has 1 aromatic carbocycles. The van der Waals surface area contributed by atoms with Crippen molar-refractivity contribution in [1.82, 2.24) is 0 Å². The summed E-state index contributed by atoms with van der Waals surface area (Å²) in [7, 11) is 0. The van der Waals surface area contributed by atoms with E-state index in [1.54, 1.807) is 0 Å². The van der Waals surface area contributed by atoms with Crippen LogP contribution in [0, 0.1) is 6.92 Å². The van der Waals surface area contributed by atoms with E-state index in [0.29, 0.717) is 13.2 Å². The number of ether oxygens (including phenoxy) is 2. The highest BCUT2D eigenvalue weighted by Gasteiger charge is 2.42. The molecule has 1 aliphatic carbocycles. The highest BCUT2D eigenvalue weighted by atomic mass is 16.6. The van der Waals surface area contributed by atoms with Crippen molar-refractivity contribution in [2.45, 2.75) is 63.7 Å². The second-order valence-corrected chi connectivity index (χ2v) is 6.25. The number of benzene rings is 1. The maximum atomic E-state index is 6.29. The van der Waals surface area contributed by atoms with Gasteiger partial charge in [0.25, 0.3) is 0 Å². The van der Waals surface area contributed by atoms with Gasteiger partial charge in [-0.1, -0.05) is 31.0 Å². The van der Waals surface area contributed by atoms with Crippen molar-refractivity contribution in [3.05, 3.63) is 29.3 Å². The van der Waals surface area contributed by atoms with Gasteiger partial charge in [0.2, 0.25) is 0 Å². The van der Waals surface area contributed by atoms with E-state index in [0.717, 1.165) is 23.3 Å². The first-order valence-electron chi connectivity index (χ1n) is 7.82. The van der Waals surface area contributed by atoms with Crippen LogP contribution in [0.2, 0.25) is 0 Å². The fraction of sp³-hybridized carbons (Fsp3) is 0.647. The minimum atomic E-state index is 0.191. The first-order valence-corrected chi connectivity index (χ1v) is 7.82. The molecular weight excluding hydrogens is 250 g/mol. The monoisotopic (exact) mass is 275 g/mol. The second kappa shape index (κ2) is 5.74. The summed E-state index contributed by atoms with van der Waals surface area (Å²) in [6, 6.07) is 6.14. The number of hydrogen-bond acceptors (Lipinski definition) is 3. The molecular formula is C17H25NO2. The molecule has 2 aliphatic rings. The van der Waals surface area contributed by atoms with Crippen molar-refractivity contribution in [1.29, 1.82) is 0 Å². The van der Waals surface area contributed by atoms with Crippen LogP contribution < -0.4 is 10.5 Å². The Labute approximate surface area is 121 Å². The Morgan fingerprint density at radius 1 is 1.30 bits per heavy atom. The molecule has 1 saturated heterocycles. The summed E-state index contributed by atoms with van der Waals surface area (Å²) in [6.45, 7) is 3.24. The van der Waals surface area contributed by atoms with Gasteiger partial charge < -0.3 is 15.2 Å². The number of para-hydroxylation sites is 1. The van der Waals surface area contributed by atoms with Crippen LogP contribution in [-0.2, 0) is 11.3 Å². The lowest BCUT2D eigenvalue weighted by Crippen LogP contribution is -2.27. The molecule has 1 unspecified atom stereocenters. The Hall–Kier alpha value is -1.06. The molecule has 2 fully saturated rings. The van der Waals surface area contributed by atoms with Crippen molar-refractivity contribution >= 4 is 0 Å². The lowest BCUT2D eigenvalue weighted by atomic mass is 9.98. The largest absolute Gasteiger partial charge is 0.490 e. The molecule has 0 bridgehead atoms. The smallest absolute Gasteiger partial charge is 0.126 e. The molecule has 3 nitrogen and oxygen atoms in total. The number of aryl methyl sites for hydroxylation is 1. The van der Waals surface area contributed by atoms with E-state index in [9.17, 15) is 0 Å². The average Bonchev–Trinajstić information content (AvgIpc) is 3.08. The lowest BCUT2D eigenvalue weighted by Gasteiger charge is -2.24. The van der Waals surface area contributed by atoms with Gasteiger partial charge in [0.05, 0.1) is 11.7 Å². The van der Waals surface area contributed by atoms with Crippen LogP contribution in [0.4, 0.5) is 0 Å². The molecule has 2 N–H and O–H groups in total. The quantitative estimate of drug-likeness (QED) is 0.916. The predicted molar refractivity (Wildman–Crippen MR) is 79.9 cm³/mol. The van der Waals surface area contributed by atoms with Gasteiger partial charge in [0, 0.05) is 12.1 Å². The van der Waals surface area contributed by atoms with Gasteiger partial charge >= 0.3 is 0 Å². The molecule has 1 saturated carbocycles. The third kappa shape index (κ3) is 2.70. The molecule has 1 aliphatic heterocycles. The summed E-state index contributed by atoms with van der Waals surface area (Å²) in [5, 5.41) is 0. The zero-order valence-corrected chi connectivity index (χ0v) is 12.4. The molecule has 110 valence electrons. The number of nitrogens with two attached hydrogens (primary N) is 1. The SMILES string of the molecule is Cc1cccc(CN)c1OCC1CCC2(CCCC2)O1. The molecule has 3 heteroatoms. The molecule has 0 aromatic heterocycles. The van der Waals surface area contributed by atoms with Crippen molar-refractivity contribution in [2.24, 2.45) is 5.73 Å². The zero-order chi connectivity index (χ0) is 14.0. The van der Waals surface area contributed by atoms with Gasteiger partial charge in [-0.2, -0.15) is 0 Å². The Balaban J connectivity index is 1.60. The van der Waals surface area contributed by atoms with Gasteiger partial charge in [0.1, 0.15) is 12.4 Å². The van der Waals surface area contributed by atoms with Crippen LogP contribution in [0.15, 0.2) is 18.2 Å². The Kier molecular flexibility index (Phi) is 3.99. The second-order valence-electron chi connectivity index (χ2n) is 6.25. The summed E-state index contributed by atoms with van der Waals surface area (Å²) < 4.78 is 12.3. The van der Waals surface area contributed by atoms with Crippen LogP contribution in [0.5, 0.6) is 5.75 Å². The topological polar surface area (TPSA) is 44.5 Å². The summed E-state index contributed by atoms with van der Waals surface area (Å²) in [5.74, 6) is 0.950. The fourth-order valence-electron chi connectivity index (χ4n) is 3.66. The first-order chi connectivity index (χ1) is 9.72. The van der Waals surface area contributed by atoms with Crippen molar-refractivity contribution < 1.29 is 9.47 Å². The minimum absolute atomic E-state index is 0.191. The molecule has 1 heterocycles. The normalized spacial score (nSPS) is 24.4. The van der Waals surface area contributed by atoms with Crippen LogP contribution in [-0.4, -0.2) is 18.3 Å². The average molecular weight is 275 g/mol. The third-order valence-electron chi connectivity index (χ3n) is 4.78. The molecule has 1 aromatic rings. The van der Waals surface area contributed by atoms with E-state index in [-0.39, 0.29) is 11.7 Å². The van der Waals surface area contributed by atoms with Crippen molar-refractivity contribution in [3.63, 3.8) is 0 Å². The van der Waals surface area contributed by atoms with E-state index in [1.165, 1.54) is 32.1 Å². The minimum Gasteiger partial charge on any atom is -0.490 e. The third-order valence-corrected chi connectivity index (χ3v) is 4.78. The van der Waals surface area contributed by atoms with E-state index >= 15 is 0 Å². The Morgan fingerprint density at radius 3 is 2.85 bits per heavy atom. The molecule has 3 rings (SSSR count). The van der Waals surface area contributed by atoms with E-state index in [4.69, 9.17) is 15.2 Å². The number of hydrogen-bond donors (Lipinski definition) is 1. The van der Waals surface area contributed by atoms with Crippen molar-refractivity contribution in [3.8, 4) is 5.75 Å². The lowest BCUT2D eigenvalue weighted by molar-refractivity contribution is -0.0510. The highest BCUT2D eigenvalue weighted by molar-refractivity contribution is 5.40. The number of rotatable bonds is 4. The first kappa shape index (κ1) is 13.9. The standard InChI is InChI=1S/C17H25NO2/c1-13-5-4-6-14(11-18)16(13)19-12-15-7-10-17(20-15)8-2-3-9-17/h4-6,15H,2-3,7-12,18H2,1H3. The van der Waals surface area contributed by atoms with Crippen LogP contribution in [0.25, 0.3) is 0 Å². The fourth-order valence-corrected chi connectivity index (χ4v) is 3.66. The Morgan fingerprint density at radius 2 is 2.10 bits per heavy atom. The van der Waals surface area contributed by atoms with Gasteiger partial charge in [-0.05, 0) is 38.2 Å². The summed E-state index contributed by atoms with van der Waals surface area (Å²) >= 11 is 0. The molecule has 1 spiro atoms. The maximum Gasteiger partial charge on any atom is 0.126 e. The molecule has 0 radical (unpaired) electrons. The summed E-state index contributed by atoms with van der Waals surface area (Å²) in [4.78, 5) is 0. The van der Waals surface area contributed by atoms with E-state index in [1.807, 2.05) is 12.1 Å². The predicted octanol–water partition coefficient (Wildman–Crippen LogP) is 3.32. The summed E-state index contributed by atoms with van der Waals surface area (Å²) in [5.41, 5.74) is 8.21. The van der Waals surface area contributed by atoms with E-state index in [2.05, 4.69) is 13.0 Å². The molecule has 20 heavy (non-hydrogen) atoms. The highest BCUT2D eigenvalue weighted by Crippen LogP contribution is 2.43. The van der Waals surface area contributed by atoms with Crippen LogP contribution in [0.3, 0.4) is 0 Å². The van der Waals surface area contributed by atoms with Gasteiger partial charge in [-0.3, -0.25) is 0 Å². The molecule has 1 atom stereocenters. The Bertz CT molecular complexity index is 466.